The van der Waals surface area contributed by atoms with Gasteiger partial charge in [0.2, 0.25) is 0 Å². The zero-order valence-electron chi connectivity index (χ0n) is 15.3. The molecular weight excluding hydrogens is 481 g/mol. The van der Waals surface area contributed by atoms with Gasteiger partial charge in [-0.25, -0.2) is 0 Å². The molecule has 2 heterocycles. The average Bonchev–Trinajstić information content (AvgIpc) is 3.38. The number of hydrogen-bond acceptors (Lipinski definition) is 5. The number of aromatic nitrogens is 2. The van der Waals surface area contributed by atoms with Gasteiger partial charge in [-0.2, -0.15) is 8.78 Å². The number of carbonyl (C=O) groups is 1. The number of rotatable bonds is 4. The molecule has 1 aromatic carbocycles. The number of anilines is 1. The Morgan fingerprint density at radius 3 is 2.61 bits per heavy atom. The molecule has 1 saturated carbocycles. The van der Waals surface area contributed by atoms with Crippen LogP contribution in [-0.2, 0) is 8.72 Å². The molecule has 9 heteroatoms. The smallest absolute Gasteiger partial charge is 0.323 e. The number of hydrogen-bond donors (Lipinski definition) is 2. The molecule has 0 unspecified atom stereocenters. The summed E-state index contributed by atoms with van der Waals surface area (Å²) in [7, 11) is 0. The summed E-state index contributed by atoms with van der Waals surface area (Å²) in [5.41, 5.74) is -0.0342. The van der Waals surface area contributed by atoms with Crippen molar-refractivity contribution < 1.29 is 18.7 Å². The number of aliphatic hydroxyl groups is 1. The lowest BCUT2D eigenvalue weighted by Crippen LogP contribution is -2.53. The van der Waals surface area contributed by atoms with E-state index in [1.54, 1.807) is 6.07 Å². The fourth-order valence-corrected chi connectivity index (χ4v) is 4.28. The van der Waals surface area contributed by atoms with Crippen LogP contribution in [0.5, 0.6) is 0 Å². The van der Waals surface area contributed by atoms with E-state index in [1.807, 2.05) is 0 Å². The summed E-state index contributed by atoms with van der Waals surface area (Å²) in [6.45, 7) is 3.33. The molecule has 2 N–H and O–H groups in total. The van der Waals surface area contributed by atoms with Gasteiger partial charge >= 0.3 is 3.93 Å². The van der Waals surface area contributed by atoms with E-state index < -0.39 is 9.53 Å². The number of carbonyl (C=O) groups excluding carboxylic acids is 1. The summed E-state index contributed by atoms with van der Waals surface area (Å²) in [6.07, 6.45) is 4.70. The van der Waals surface area contributed by atoms with Crippen LogP contribution >= 0.6 is 22.6 Å². The Morgan fingerprint density at radius 2 is 1.96 bits per heavy atom. The van der Waals surface area contributed by atoms with E-state index in [0.29, 0.717) is 24.9 Å². The zero-order chi connectivity index (χ0) is 20.1. The van der Waals surface area contributed by atoms with Gasteiger partial charge in [0.15, 0.2) is 0 Å². The highest BCUT2D eigenvalue weighted by atomic mass is 127. The number of alkyl halides is 3. The van der Waals surface area contributed by atoms with E-state index in [9.17, 15) is 18.7 Å². The topological polar surface area (TPSA) is 78.4 Å². The molecule has 1 aromatic heterocycles. The monoisotopic (exact) mass is 502 g/mol. The largest absolute Gasteiger partial charge is 0.380 e. The Bertz CT molecular complexity index is 916. The Morgan fingerprint density at radius 1 is 1.29 bits per heavy atom. The summed E-state index contributed by atoms with van der Waals surface area (Å²) >= 11 is 1.10. The number of piperidine rings is 1. The first-order valence-electron chi connectivity index (χ1n) is 9.26. The summed E-state index contributed by atoms with van der Waals surface area (Å²) in [5, 5.41) is 13.0. The first-order chi connectivity index (χ1) is 13.2. The Labute approximate surface area is 174 Å². The quantitative estimate of drug-likeness (QED) is 0.497. The van der Waals surface area contributed by atoms with Gasteiger partial charge < -0.3 is 15.3 Å². The molecule has 4 rings (SSSR count). The molecule has 2 fully saturated rings. The Balaban J connectivity index is 1.64. The zero-order valence-corrected chi connectivity index (χ0v) is 17.5. The number of benzene rings is 1. The van der Waals surface area contributed by atoms with Crippen LogP contribution in [0.25, 0.3) is 11.0 Å². The van der Waals surface area contributed by atoms with Crippen molar-refractivity contribution in [3.8, 4) is 0 Å². The molecule has 0 bridgehead atoms. The van der Waals surface area contributed by atoms with Crippen LogP contribution < -0.4 is 10.2 Å². The van der Waals surface area contributed by atoms with Crippen LogP contribution in [0.3, 0.4) is 0 Å². The van der Waals surface area contributed by atoms with Crippen molar-refractivity contribution in [3.05, 3.63) is 30.1 Å². The average molecular weight is 502 g/mol. The third kappa shape index (κ3) is 3.78. The summed E-state index contributed by atoms with van der Waals surface area (Å²) in [4.78, 5) is 22.8. The molecule has 1 aliphatic carbocycles. The first-order valence-corrected chi connectivity index (χ1v) is 10.3. The van der Waals surface area contributed by atoms with Gasteiger partial charge in [-0.1, -0.05) is 6.92 Å². The molecule has 6 nitrogen and oxygen atoms in total. The van der Waals surface area contributed by atoms with E-state index >= 15 is 0 Å². The highest BCUT2D eigenvalue weighted by molar-refractivity contribution is 14.1. The molecule has 2 atom stereocenters. The maximum absolute atomic E-state index is 14.0. The van der Waals surface area contributed by atoms with Crippen molar-refractivity contribution in [2.24, 2.45) is 5.92 Å². The minimum absolute atomic E-state index is 0.127. The van der Waals surface area contributed by atoms with Crippen molar-refractivity contribution in [3.63, 3.8) is 0 Å². The van der Waals surface area contributed by atoms with Crippen molar-refractivity contribution in [2.45, 2.75) is 41.8 Å². The third-order valence-corrected chi connectivity index (χ3v) is 5.97. The van der Waals surface area contributed by atoms with Gasteiger partial charge in [0, 0.05) is 54.1 Å². The number of fused-ring (bicyclic) bond motifs is 1. The lowest BCUT2D eigenvalue weighted by atomic mass is 9.94. The van der Waals surface area contributed by atoms with E-state index in [0.717, 1.165) is 41.2 Å². The first kappa shape index (κ1) is 19.7. The third-order valence-electron chi connectivity index (χ3n) is 5.39. The van der Waals surface area contributed by atoms with Gasteiger partial charge in [0.1, 0.15) is 16.6 Å². The van der Waals surface area contributed by atoms with Crippen LogP contribution in [0.1, 0.15) is 31.7 Å². The van der Waals surface area contributed by atoms with Crippen LogP contribution in [0.4, 0.5) is 14.5 Å². The Hall–Kier alpha value is -1.62. The van der Waals surface area contributed by atoms with Gasteiger partial charge in [-0.05, 0) is 37.3 Å². The maximum atomic E-state index is 14.0. The second kappa shape index (κ2) is 7.01. The van der Waals surface area contributed by atoms with Crippen molar-refractivity contribution in [1.82, 2.24) is 15.3 Å². The molecule has 2 aromatic rings. The summed E-state index contributed by atoms with van der Waals surface area (Å²) in [5.74, 6) is -0.0404. The number of nitrogens with one attached hydrogen (secondary N) is 1. The normalized spacial score (nSPS) is 24.2. The maximum Gasteiger partial charge on any atom is 0.323 e. The van der Waals surface area contributed by atoms with E-state index in [2.05, 4.69) is 27.1 Å². The van der Waals surface area contributed by atoms with Crippen molar-refractivity contribution in [2.75, 3.05) is 18.0 Å². The van der Waals surface area contributed by atoms with Crippen molar-refractivity contribution >= 4 is 45.2 Å². The van der Waals surface area contributed by atoms with Gasteiger partial charge in [-0.15, -0.1) is 0 Å². The minimum atomic E-state index is -3.05. The summed E-state index contributed by atoms with van der Waals surface area (Å²) < 4.78 is 24.9. The second-order valence-electron chi connectivity index (χ2n) is 7.83. The molecule has 28 heavy (non-hydrogen) atoms. The molecule has 0 spiro atoms. The molecule has 150 valence electrons. The van der Waals surface area contributed by atoms with Crippen LogP contribution in [-0.4, -0.2) is 45.7 Å². The summed E-state index contributed by atoms with van der Waals surface area (Å²) in [6, 6.07) is 2.93. The van der Waals surface area contributed by atoms with Gasteiger partial charge in [0.05, 0.1) is 11.3 Å². The molecule has 1 aliphatic heterocycles. The predicted molar refractivity (Wildman–Crippen MR) is 110 cm³/mol. The van der Waals surface area contributed by atoms with Gasteiger partial charge in [0.25, 0.3) is 5.91 Å². The molecule has 0 radical (unpaired) electrons. The SMILES string of the molecule is C[C@H]1C[C@@H](NC(=O)C2(O)CC2)CN(c2ccc(C(F)(F)I)c3nccnc23)C1. The van der Waals surface area contributed by atoms with E-state index in [-0.39, 0.29) is 28.9 Å². The van der Waals surface area contributed by atoms with Crippen LogP contribution in [0.15, 0.2) is 24.5 Å². The number of amides is 1. The molecule has 1 amide bonds. The van der Waals surface area contributed by atoms with E-state index in [4.69, 9.17) is 0 Å². The second-order valence-corrected chi connectivity index (χ2v) is 9.19. The molecular formula is C19H21F2IN4O2. The minimum Gasteiger partial charge on any atom is -0.380 e. The van der Waals surface area contributed by atoms with Crippen LogP contribution in [0.2, 0.25) is 0 Å². The number of halogens is 3. The lowest BCUT2D eigenvalue weighted by molar-refractivity contribution is -0.132. The Kier molecular flexibility index (Phi) is 4.93. The number of nitrogens with zero attached hydrogens (tertiary/aromatic N) is 3. The predicted octanol–water partition coefficient (Wildman–Crippen LogP) is 2.97. The van der Waals surface area contributed by atoms with Crippen molar-refractivity contribution in [1.29, 1.82) is 0 Å². The van der Waals surface area contributed by atoms with E-state index in [1.165, 1.54) is 18.5 Å². The lowest BCUT2D eigenvalue weighted by Gasteiger charge is -2.39. The van der Waals surface area contributed by atoms with Gasteiger partial charge in [-0.3, -0.25) is 14.8 Å². The highest BCUT2D eigenvalue weighted by Crippen LogP contribution is 2.41. The molecule has 2 aliphatic rings. The fourth-order valence-electron chi connectivity index (χ4n) is 3.84. The highest BCUT2D eigenvalue weighted by Gasteiger charge is 2.48. The van der Waals surface area contributed by atoms with Crippen LogP contribution in [0, 0.1) is 5.92 Å². The standard InChI is InChI=1S/C19H21F2IN4O2/c1-11-8-12(25-17(27)18(28)4-5-18)10-26(9-11)14-3-2-13(19(20,21)22)15-16(14)24-7-6-23-15/h2-3,6-7,11-12,28H,4-5,8-10H2,1H3,(H,25,27)/t11-,12+/m0/s1. The molecule has 1 saturated heterocycles. The fraction of sp³-hybridized carbons (Fsp3) is 0.526.